The van der Waals surface area contributed by atoms with Crippen LogP contribution in [0.25, 0.3) is 0 Å². The number of carbonyl (C=O) groups is 1. The molecule has 0 aromatic carbocycles. The zero-order valence-electron chi connectivity index (χ0n) is 11.0. The summed E-state index contributed by atoms with van der Waals surface area (Å²) in [6.45, 7) is 5.12. The van der Waals surface area contributed by atoms with Crippen molar-refractivity contribution in [3.8, 4) is 0 Å². The first-order valence-electron chi connectivity index (χ1n) is 6.89. The standard InChI is InChI=1S/C13H26N2O2/c1-2-3-11-17-13(16)15-9-6-12(7-10-15)5-4-8-14/h12H,2-11,14H2,1H3. The molecule has 4 nitrogen and oxygen atoms in total. The highest BCUT2D eigenvalue weighted by Crippen LogP contribution is 2.21. The minimum absolute atomic E-state index is 0.129. The number of rotatable bonds is 6. The van der Waals surface area contributed by atoms with Crippen molar-refractivity contribution in [3.63, 3.8) is 0 Å². The molecular weight excluding hydrogens is 216 g/mol. The molecule has 2 N–H and O–H groups in total. The third-order valence-corrected chi connectivity index (χ3v) is 3.41. The van der Waals surface area contributed by atoms with Gasteiger partial charge in [0.05, 0.1) is 6.61 Å². The maximum atomic E-state index is 11.7. The predicted octanol–water partition coefficient (Wildman–Crippen LogP) is 2.37. The third-order valence-electron chi connectivity index (χ3n) is 3.41. The topological polar surface area (TPSA) is 55.6 Å². The quantitative estimate of drug-likeness (QED) is 0.727. The van der Waals surface area contributed by atoms with E-state index in [0.29, 0.717) is 6.61 Å². The van der Waals surface area contributed by atoms with Gasteiger partial charge in [-0.25, -0.2) is 4.79 Å². The SMILES string of the molecule is CCCCOC(=O)N1CCC(CCCN)CC1. The fourth-order valence-corrected chi connectivity index (χ4v) is 2.21. The third kappa shape index (κ3) is 5.39. The van der Waals surface area contributed by atoms with E-state index in [0.717, 1.165) is 57.7 Å². The molecule has 0 saturated carbocycles. The van der Waals surface area contributed by atoms with Gasteiger partial charge in [-0.3, -0.25) is 0 Å². The Labute approximate surface area is 104 Å². The number of nitrogens with zero attached hydrogens (tertiary/aromatic N) is 1. The summed E-state index contributed by atoms with van der Waals surface area (Å²) < 4.78 is 5.21. The summed E-state index contributed by atoms with van der Waals surface area (Å²) in [6, 6.07) is 0. The summed E-state index contributed by atoms with van der Waals surface area (Å²) in [7, 11) is 0. The molecule has 100 valence electrons. The summed E-state index contributed by atoms with van der Waals surface area (Å²) in [5.41, 5.74) is 5.50. The van der Waals surface area contributed by atoms with Crippen molar-refractivity contribution in [1.82, 2.24) is 4.90 Å². The summed E-state index contributed by atoms with van der Waals surface area (Å²) >= 11 is 0. The number of piperidine rings is 1. The van der Waals surface area contributed by atoms with Crippen LogP contribution in [0.2, 0.25) is 0 Å². The van der Waals surface area contributed by atoms with E-state index in [1.165, 1.54) is 6.42 Å². The van der Waals surface area contributed by atoms with Gasteiger partial charge in [0, 0.05) is 13.1 Å². The molecule has 0 spiro atoms. The molecule has 17 heavy (non-hydrogen) atoms. The molecule has 1 heterocycles. The van der Waals surface area contributed by atoms with Crippen molar-refractivity contribution in [3.05, 3.63) is 0 Å². The zero-order chi connectivity index (χ0) is 12.5. The van der Waals surface area contributed by atoms with Gasteiger partial charge >= 0.3 is 6.09 Å². The van der Waals surface area contributed by atoms with Crippen LogP contribution in [0.4, 0.5) is 4.79 Å². The summed E-state index contributed by atoms with van der Waals surface area (Å²) in [4.78, 5) is 13.5. The maximum Gasteiger partial charge on any atom is 0.409 e. The second-order valence-electron chi connectivity index (χ2n) is 4.83. The molecule has 0 unspecified atom stereocenters. The Morgan fingerprint density at radius 2 is 2.06 bits per heavy atom. The van der Waals surface area contributed by atoms with Gasteiger partial charge in [0.2, 0.25) is 0 Å². The van der Waals surface area contributed by atoms with Gasteiger partial charge in [-0.1, -0.05) is 13.3 Å². The number of ether oxygens (including phenoxy) is 1. The minimum atomic E-state index is -0.129. The highest BCUT2D eigenvalue weighted by atomic mass is 16.6. The van der Waals surface area contributed by atoms with Crippen molar-refractivity contribution in [1.29, 1.82) is 0 Å². The molecule has 0 radical (unpaired) electrons. The molecule has 1 aliphatic heterocycles. The summed E-state index contributed by atoms with van der Waals surface area (Å²) in [6.07, 6.45) is 6.40. The van der Waals surface area contributed by atoms with Gasteiger partial charge in [-0.2, -0.15) is 0 Å². The average molecular weight is 242 g/mol. The molecular formula is C13H26N2O2. The molecule has 1 saturated heterocycles. The van der Waals surface area contributed by atoms with Gasteiger partial charge < -0.3 is 15.4 Å². The number of likely N-dealkylation sites (tertiary alicyclic amines) is 1. The highest BCUT2D eigenvalue weighted by molar-refractivity contribution is 5.67. The lowest BCUT2D eigenvalue weighted by molar-refractivity contribution is 0.0857. The van der Waals surface area contributed by atoms with Crippen molar-refractivity contribution in [2.45, 2.75) is 45.4 Å². The maximum absolute atomic E-state index is 11.7. The number of unbranched alkanes of at least 4 members (excludes halogenated alkanes) is 1. The summed E-state index contributed by atoms with van der Waals surface area (Å²) in [5, 5.41) is 0. The molecule has 0 aliphatic carbocycles. The Hall–Kier alpha value is -0.770. The van der Waals surface area contributed by atoms with Crippen LogP contribution in [-0.2, 0) is 4.74 Å². The van der Waals surface area contributed by atoms with E-state index in [9.17, 15) is 4.79 Å². The number of hydrogen-bond acceptors (Lipinski definition) is 3. The average Bonchev–Trinajstić information content (AvgIpc) is 2.37. The fraction of sp³-hybridized carbons (Fsp3) is 0.923. The fourth-order valence-electron chi connectivity index (χ4n) is 2.21. The van der Waals surface area contributed by atoms with Gasteiger partial charge in [0.15, 0.2) is 0 Å². The molecule has 0 bridgehead atoms. The van der Waals surface area contributed by atoms with Gasteiger partial charge in [-0.05, 0) is 44.6 Å². The normalized spacial score (nSPS) is 17.2. The predicted molar refractivity (Wildman–Crippen MR) is 68.8 cm³/mol. The van der Waals surface area contributed by atoms with E-state index in [4.69, 9.17) is 10.5 Å². The molecule has 1 rings (SSSR count). The van der Waals surface area contributed by atoms with E-state index in [1.807, 2.05) is 4.90 Å². The van der Waals surface area contributed by atoms with Gasteiger partial charge in [0.1, 0.15) is 0 Å². The smallest absolute Gasteiger partial charge is 0.409 e. The first-order chi connectivity index (χ1) is 8.27. The molecule has 1 amide bonds. The second kappa shape index (κ2) is 8.34. The Balaban J connectivity index is 2.15. The molecule has 1 aliphatic rings. The first kappa shape index (κ1) is 14.3. The number of carbonyl (C=O) groups excluding carboxylic acids is 1. The Morgan fingerprint density at radius 1 is 1.35 bits per heavy atom. The first-order valence-corrected chi connectivity index (χ1v) is 6.89. The Bertz CT molecular complexity index is 213. The van der Waals surface area contributed by atoms with E-state index >= 15 is 0 Å². The molecule has 0 atom stereocenters. The van der Waals surface area contributed by atoms with E-state index in [-0.39, 0.29) is 6.09 Å². The van der Waals surface area contributed by atoms with E-state index in [1.54, 1.807) is 0 Å². The number of nitrogens with two attached hydrogens (primary N) is 1. The van der Waals surface area contributed by atoms with Crippen molar-refractivity contribution in [2.75, 3.05) is 26.2 Å². The molecule has 0 aromatic heterocycles. The Morgan fingerprint density at radius 3 is 2.65 bits per heavy atom. The van der Waals surface area contributed by atoms with Crippen LogP contribution >= 0.6 is 0 Å². The molecule has 1 fully saturated rings. The van der Waals surface area contributed by atoms with Crippen LogP contribution in [0.5, 0.6) is 0 Å². The zero-order valence-corrected chi connectivity index (χ0v) is 11.0. The lowest BCUT2D eigenvalue weighted by Crippen LogP contribution is -2.39. The number of hydrogen-bond donors (Lipinski definition) is 1. The molecule has 0 aromatic rings. The van der Waals surface area contributed by atoms with Crippen LogP contribution in [0.15, 0.2) is 0 Å². The molecule has 4 heteroatoms. The lowest BCUT2D eigenvalue weighted by atomic mass is 9.92. The van der Waals surface area contributed by atoms with Crippen molar-refractivity contribution in [2.24, 2.45) is 11.7 Å². The summed E-state index contributed by atoms with van der Waals surface area (Å²) in [5.74, 6) is 0.748. The number of amides is 1. The van der Waals surface area contributed by atoms with Crippen LogP contribution in [-0.4, -0.2) is 37.2 Å². The highest BCUT2D eigenvalue weighted by Gasteiger charge is 2.23. The van der Waals surface area contributed by atoms with E-state index in [2.05, 4.69) is 6.92 Å². The van der Waals surface area contributed by atoms with Crippen LogP contribution < -0.4 is 5.73 Å². The monoisotopic (exact) mass is 242 g/mol. The lowest BCUT2D eigenvalue weighted by Gasteiger charge is -2.31. The van der Waals surface area contributed by atoms with E-state index < -0.39 is 0 Å². The van der Waals surface area contributed by atoms with Gasteiger partial charge in [0.25, 0.3) is 0 Å². The van der Waals surface area contributed by atoms with Crippen LogP contribution in [0.1, 0.15) is 45.4 Å². The van der Waals surface area contributed by atoms with Crippen LogP contribution in [0, 0.1) is 5.92 Å². The van der Waals surface area contributed by atoms with Crippen molar-refractivity contribution >= 4 is 6.09 Å². The van der Waals surface area contributed by atoms with Gasteiger partial charge in [-0.15, -0.1) is 0 Å². The largest absolute Gasteiger partial charge is 0.449 e. The Kier molecular flexibility index (Phi) is 7.01. The minimum Gasteiger partial charge on any atom is -0.449 e. The second-order valence-corrected chi connectivity index (χ2v) is 4.83. The van der Waals surface area contributed by atoms with Crippen LogP contribution in [0.3, 0.4) is 0 Å². The van der Waals surface area contributed by atoms with Crippen molar-refractivity contribution < 1.29 is 9.53 Å².